The van der Waals surface area contributed by atoms with Gasteiger partial charge in [-0.25, -0.2) is 4.98 Å². The number of hydrogen-bond donors (Lipinski definition) is 2. The number of hydrogen-bond acceptors (Lipinski definition) is 5. The fourth-order valence-corrected chi connectivity index (χ4v) is 1.63. The minimum absolute atomic E-state index is 0.0150. The molecule has 1 amide bonds. The van der Waals surface area contributed by atoms with Crippen LogP contribution in [0.3, 0.4) is 0 Å². The Morgan fingerprint density at radius 2 is 2.05 bits per heavy atom. The second-order valence-electron chi connectivity index (χ2n) is 4.06. The van der Waals surface area contributed by atoms with Crippen molar-refractivity contribution in [2.45, 2.75) is 6.54 Å². The van der Waals surface area contributed by atoms with Crippen LogP contribution in [0.15, 0.2) is 42.5 Å². The Kier molecular flexibility index (Phi) is 3.90. The summed E-state index contributed by atoms with van der Waals surface area (Å²) in [4.78, 5) is 25.9. The number of benzene rings is 1. The van der Waals surface area contributed by atoms with E-state index in [1.165, 1.54) is 12.1 Å². The molecule has 20 heavy (non-hydrogen) atoms. The summed E-state index contributed by atoms with van der Waals surface area (Å²) < 4.78 is 0. The first-order valence-corrected chi connectivity index (χ1v) is 5.80. The van der Waals surface area contributed by atoms with Gasteiger partial charge in [-0.15, -0.1) is 0 Å². The number of carbonyl (C=O) groups is 1. The van der Waals surface area contributed by atoms with Crippen LogP contribution in [0.1, 0.15) is 16.1 Å². The molecule has 7 heteroatoms. The monoisotopic (exact) mass is 272 g/mol. The van der Waals surface area contributed by atoms with Crippen LogP contribution < -0.4 is 11.1 Å². The molecule has 1 aromatic heterocycles. The molecule has 2 aromatic rings. The number of nitrogens with one attached hydrogen (secondary N) is 1. The van der Waals surface area contributed by atoms with Crippen molar-refractivity contribution >= 4 is 17.4 Å². The van der Waals surface area contributed by atoms with Gasteiger partial charge in [0.05, 0.1) is 4.92 Å². The van der Waals surface area contributed by atoms with Gasteiger partial charge in [-0.05, 0) is 17.7 Å². The number of nitro groups is 1. The van der Waals surface area contributed by atoms with E-state index in [0.717, 1.165) is 0 Å². The summed E-state index contributed by atoms with van der Waals surface area (Å²) >= 11 is 0. The van der Waals surface area contributed by atoms with Gasteiger partial charge in [0, 0.05) is 18.7 Å². The Morgan fingerprint density at radius 1 is 1.30 bits per heavy atom. The Balaban J connectivity index is 2.03. The molecule has 2 rings (SSSR count). The third-order valence-corrected chi connectivity index (χ3v) is 2.58. The van der Waals surface area contributed by atoms with Gasteiger partial charge in [0.25, 0.3) is 11.6 Å². The van der Waals surface area contributed by atoms with Gasteiger partial charge in [-0.3, -0.25) is 14.9 Å². The van der Waals surface area contributed by atoms with Crippen molar-refractivity contribution in [1.82, 2.24) is 10.3 Å². The predicted molar refractivity (Wildman–Crippen MR) is 72.9 cm³/mol. The van der Waals surface area contributed by atoms with Crippen LogP contribution in [0, 0.1) is 10.1 Å². The van der Waals surface area contributed by atoms with Crippen LogP contribution >= 0.6 is 0 Å². The summed E-state index contributed by atoms with van der Waals surface area (Å²) in [7, 11) is 0. The van der Waals surface area contributed by atoms with Gasteiger partial charge in [0.1, 0.15) is 11.5 Å². The zero-order chi connectivity index (χ0) is 14.5. The molecule has 0 saturated carbocycles. The highest BCUT2D eigenvalue weighted by Gasteiger charge is 2.09. The summed E-state index contributed by atoms with van der Waals surface area (Å²) in [6.07, 6.45) is 0. The maximum atomic E-state index is 11.8. The van der Waals surface area contributed by atoms with Gasteiger partial charge in [0.2, 0.25) is 0 Å². The molecule has 1 aromatic carbocycles. The van der Waals surface area contributed by atoms with E-state index in [0.29, 0.717) is 5.56 Å². The quantitative estimate of drug-likeness (QED) is 0.647. The summed E-state index contributed by atoms with van der Waals surface area (Å²) in [5, 5.41) is 13.3. The van der Waals surface area contributed by atoms with Crippen molar-refractivity contribution in [3.05, 3.63) is 63.8 Å². The lowest BCUT2D eigenvalue weighted by Gasteiger charge is -2.05. The molecule has 0 aliphatic carbocycles. The minimum atomic E-state index is -0.481. The molecule has 0 aliphatic rings. The van der Waals surface area contributed by atoms with Crippen molar-refractivity contribution in [3.63, 3.8) is 0 Å². The zero-order valence-corrected chi connectivity index (χ0v) is 10.4. The fraction of sp³-hybridized carbons (Fsp3) is 0.0769. The van der Waals surface area contributed by atoms with E-state index >= 15 is 0 Å². The second kappa shape index (κ2) is 5.79. The number of anilines is 1. The summed E-state index contributed by atoms with van der Waals surface area (Å²) in [6, 6.07) is 10.8. The summed E-state index contributed by atoms with van der Waals surface area (Å²) in [6.45, 7) is 0.178. The number of nitrogen functional groups attached to an aromatic ring is 1. The number of nitro benzene ring substituents is 1. The van der Waals surface area contributed by atoms with Gasteiger partial charge in [-0.2, -0.15) is 0 Å². The third-order valence-electron chi connectivity index (χ3n) is 2.58. The predicted octanol–water partition coefficient (Wildman–Crippen LogP) is 1.50. The van der Waals surface area contributed by atoms with Gasteiger partial charge in [0.15, 0.2) is 0 Å². The number of nitrogens with two attached hydrogens (primary N) is 1. The second-order valence-corrected chi connectivity index (χ2v) is 4.06. The van der Waals surface area contributed by atoms with E-state index in [9.17, 15) is 14.9 Å². The summed E-state index contributed by atoms with van der Waals surface area (Å²) in [5.41, 5.74) is 6.32. The van der Waals surface area contributed by atoms with Crippen LogP contribution in [0.2, 0.25) is 0 Å². The van der Waals surface area contributed by atoms with Crippen molar-refractivity contribution in [1.29, 1.82) is 0 Å². The first-order valence-electron chi connectivity index (χ1n) is 5.80. The number of rotatable bonds is 4. The van der Waals surface area contributed by atoms with E-state index in [1.807, 2.05) is 0 Å². The number of pyridine rings is 1. The van der Waals surface area contributed by atoms with E-state index in [-0.39, 0.29) is 29.7 Å². The Morgan fingerprint density at radius 3 is 2.75 bits per heavy atom. The maximum absolute atomic E-state index is 11.8. The molecule has 0 bridgehead atoms. The van der Waals surface area contributed by atoms with E-state index in [1.54, 1.807) is 30.3 Å². The molecule has 0 radical (unpaired) electrons. The van der Waals surface area contributed by atoms with Crippen LogP contribution in [-0.4, -0.2) is 15.8 Å². The standard InChI is InChI=1S/C13H12N4O3/c14-12-6-2-5-11(16-12)13(18)15-8-9-3-1-4-10(7-9)17(19)20/h1-7H,8H2,(H2,14,16)(H,15,18). The lowest BCUT2D eigenvalue weighted by Crippen LogP contribution is -2.24. The van der Waals surface area contributed by atoms with Crippen molar-refractivity contribution < 1.29 is 9.72 Å². The van der Waals surface area contributed by atoms with E-state index in [2.05, 4.69) is 10.3 Å². The van der Waals surface area contributed by atoms with E-state index < -0.39 is 4.92 Å². The Hall–Kier alpha value is -2.96. The van der Waals surface area contributed by atoms with Crippen molar-refractivity contribution in [3.8, 4) is 0 Å². The Bertz CT molecular complexity index is 658. The highest BCUT2D eigenvalue weighted by atomic mass is 16.6. The zero-order valence-electron chi connectivity index (χ0n) is 10.4. The molecular formula is C13H12N4O3. The SMILES string of the molecule is Nc1cccc(C(=O)NCc2cccc([N+](=O)[O-])c2)n1. The summed E-state index contributed by atoms with van der Waals surface area (Å²) in [5.74, 6) is -0.128. The number of nitrogens with zero attached hydrogens (tertiary/aromatic N) is 2. The normalized spacial score (nSPS) is 10.0. The number of non-ortho nitro benzene ring substituents is 1. The molecule has 0 saturated heterocycles. The largest absolute Gasteiger partial charge is 0.384 e. The van der Waals surface area contributed by atoms with Crippen molar-refractivity contribution in [2.75, 3.05) is 5.73 Å². The molecule has 102 valence electrons. The van der Waals surface area contributed by atoms with Crippen molar-refractivity contribution in [2.24, 2.45) is 0 Å². The average Bonchev–Trinajstić information content (AvgIpc) is 2.45. The van der Waals surface area contributed by atoms with Crippen LogP contribution in [0.25, 0.3) is 0 Å². The first-order chi connectivity index (χ1) is 9.56. The van der Waals surface area contributed by atoms with Gasteiger partial charge >= 0.3 is 0 Å². The lowest BCUT2D eigenvalue weighted by atomic mass is 10.2. The van der Waals surface area contributed by atoms with Gasteiger partial charge < -0.3 is 11.1 Å². The molecule has 1 heterocycles. The van der Waals surface area contributed by atoms with Gasteiger partial charge in [-0.1, -0.05) is 18.2 Å². The molecule has 0 atom stereocenters. The topological polar surface area (TPSA) is 111 Å². The molecular weight excluding hydrogens is 260 g/mol. The number of amides is 1. The smallest absolute Gasteiger partial charge is 0.270 e. The highest BCUT2D eigenvalue weighted by Crippen LogP contribution is 2.12. The molecule has 0 unspecified atom stereocenters. The van der Waals surface area contributed by atoms with Crippen LogP contribution in [0.5, 0.6) is 0 Å². The maximum Gasteiger partial charge on any atom is 0.270 e. The molecule has 0 aliphatic heterocycles. The lowest BCUT2D eigenvalue weighted by molar-refractivity contribution is -0.384. The fourth-order valence-electron chi connectivity index (χ4n) is 1.63. The van der Waals surface area contributed by atoms with Crippen LogP contribution in [-0.2, 0) is 6.54 Å². The number of aromatic nitrogens is 1. The molecule has 7 nitrogen and oxygen atoms in total. The average molecular weight is 272 g/mol. The molecule has 0 fully saturated rings. The molecule has 0 spiro atoms. The minimum Gasteiger partial charge on any atom is -0.384 e. The highest BCUT2D eigenvalue weighted by molar-refractivity contribution is 5.92. The van der Waals surface area contributed by atoms with E-state index in [4.69, 9.17) is 5.73 Å². The third kappa shape index (κ3) is 3.29. The molecule has 3 N–H and O–H groups in total. The first kappa shape index (κ1) is 13.5. The number of carbonyl (C=O) groups excluding carboxylic acids is 1. The Labute approximate surface area is 114 Å². The van der Waals surface area contributed by atoms with Crippen LogP contribution in [0.4, 0.5) is 11.5 Å².